The first-order valence-corrected chi connectivity index (χ1v) is 4.85. The molecule has 1 saturated heterocycles. The molecule has 0 aliphatic carbocycles. The molecule has 0 unspecified atom stereocenters. The molecule has 1 rings (SSSR count). The molecule has 0 aromatic heterocycles. The number of aliphatic hydroxyl groups excluding tert-OH is 4. The summed E-state index contributed by atoms with van der Waals surface area (Å²) in [4.78, 5) is 0. The Hall–Kier alpha value is -0.920. The summed E-state index contributed by atoms with van der Waals surface area (Å²) in [6.45, 7) is 2.94. The molecular weight excluding hydrogens is 216 g/mol. The maximum Gasteiger partial charge on any atom is 0.228 e. The second-order valence-corrected chi connectivity index (χ2v) is 3.40. The SMILES string of the molecule is C=C/C=C/O[C@@H]1O[C@H](CO)[C@@H](O)[C@H](O)[C@H]1O. The first kappa shape index (κ1) is 13.1. The van der Waals surface area contributed by atoms with Gasteiger partial charge in [0.15, 0.2) is 0 Å². The molecule has 0 bridgehead atoms. The van der Waals surface area contributed by atoms with Gasteiger partial charge in [-0.05, 0) is 6.08 Å². The Balaban J connectivity index is 2.63. The van der Waals surface area contributed by atoms with E-state index in [4.69, 9.17) is 14.6 Å². The number of ether oxygens (including phenoxy) is 2. The van der Waals surface area contributed by atoms with Crippen LogP contribution in [0.5, 0.6) is 0 Å². The molecule has 92 valence electrons. The highest BCUT2D eigenvalue weighted by atomic mass is 16.7. The molecule has 0 radical (unpaired) electrons. The quantitative estimate of drug-likeness (QED) is 0.348. The fourth-order valence-corrected chi connectivity index (χ4v) is 1.36. The summed E-state index contributed by atoms with van der Waals surface area (Å²) in [6, 6.07) is 0. The van der Waals surface area contributed by atoms with Crippen LogP contribution in [0.3, 0.4) is 0 Å². The number of allylic oxidation sites excluding steroid dienone is 2. The van der Waals surface area contributed by atoms with Gasteiger partial charge in [-0.1, -0.05) is 12.7 Å². The van der Waals surface area contributed by atoms with E-state index in [1.165, 1.54) is 18.4 Å². The number of rotatable bonds is 4. The van der Waals surface area contributed by atoms with Crippen molar-refractivity contribution in [3.63, 3.8) is 0 Å². The Bertz CT molecular complexity index is 252. The maximum absolute atomic E-state index is 9.52. The third kappa shape index (κ3) is 2.81. The van der Waals surface area contributed by atoms with Gasteiger partial charge in [0, 0.05) is 0 Å². The average Bonchev–Trinajstić information content (AvgIpc) is 2.29. The van der Waals surface area contributed by atoms with Crippen molar-refractivity contribution in [3.8, 4) is 0 Å². The molecule has 5 atom stereocenters. The van der Waals surface area contributed by atoms with Crippen LogP contribution in [0.4, 0.5) is 0 Å². The molecule has 4 N–H and O–H groups in total. The lowest BCUT2D eigenvalue weighted by atomic mass is 9.99. The van der Waals surface area contributed by atoms with Gasteiger partial charge in [0.2, 0.25) is 6.29 Å². The smallest absolute Gasteiger partial charge is 0.228 e. The van der Waals surface area contributed by atoms with E-state index in [0.717, 1.165) is 0 Å². The lowest BCUT2D eigenvalue weighted by Gasteiger charge is -2.38. The predicted molar refractivity (Wildman–Crippen MR) is 54.2 cm³/mol. The van der Waals surface area contributed by atoms with Gasteiger partial charge in [-0.25, -0.2) is 0 Å². The van der Waals surface area contributed by atoms with Crippen LogP contribution in [0.2, 0.25) is 0 Å². The largest absolute Gasteiger partial charge is 0.470 e. The zero-order valence-electron chi connectivity index (χ0n) is 8.64. The Morgan fingerprint density at radius 2 is 1.88 bits per heavy atom. The van der Waals surface area contributed by atoms with Gasteiger partial charge in [0.25, 0.3) is 0 Å². The highest BCUT2D eigenvalue weighted by Crippen LogP contribution is 2.21. The van der Waals surface area contributed by atoms with Crippen LogP contribution in [0.25, 0.3) is 0 Å². The van der Waals surface area contributed by atoms with E-state index in [1.54, 1.807) is 0 Å². The summed E-state index contributed by atoms with van der Waals surface area (Å²) in [5.41, 5.74) is 0. The van der Waals surface area contributed by atoms with Gasteiger partial charge >= 0.3 is 0 Å². The van der Waals surface area contributed by atoms with Crippen molar-refractivity contribution in [3.05, 3.63) is 25.0 Å². The summed E-state index contributed by atoms with van der Waals surface area (Å²) in [7, 11) is 0. The third-order valence-electron chi connectivity index (χ3n) is 2.28. The van der Waals surface area contributed by atoms with Crippen LogP contribution < -0.4 is 0 Å². The summed E-state index contributed by atoms with van der Waals surface area (Å²) >= 11 is 0. The van der Waals surface area contributed by atoms with Crippen LogP contribution >= 0.6 is 0 Å². The molecule has 6 nitrogen and oxygen atoms in total. The molecule has 0 aromatic carbocycles. The molecule has 1 aliphatic rings. The zero-order chi connectivity index (χ0) is 12.1. The minimum atomic E-state index is -1.42. The first-order chi connectivity index (χ1) is 7.61. The van der Waals surface area contributed by atoms with Gasteiger partial charge in [-0.2, -0.15) is 0 Å². The summed E-state index contributed by atoms with van der Waals surface area (Å²) < 4.78 is 10.0. The van der Waals surface area contributed by atoms with Gasteiger partial charge in [0.1, 0.15) is 24.4 Å². The van der Waals surface area contributed by atoms with E-state index < -0.39 is 37.3 Å². The van der Waals surface area contributed by atoms with Crippen LogP contribution in [0.1, 0.15) is 0 Å². The lowest BCUT2D eigenvalue weighted by molar-refractivity contribution is -0.287. The second-order valence-electron chi connectivity index (χ2n) is 3.40. The fourth-order valence-electron chi connectivity index (χ4n) is 1.36. The van der Waals surface area contributed by atoms with Gasteiger partial charge in [0.05, 0.1) is 12.9 Å². The maximum atomic E-state index is 9.52. The molecule has 0 aromatic rings. The molecule has 0 amide bonds. The molecule has 0 saturated carbocycles. The lowest BCUT2D eigenvalue weighted by Crippen LogP contribution is -2.58. The summed E-state index contributed by atoms with van der Waals surface area (Å²) in [5, 5.41) is 37.3. The van der Waals surface area contributed by atoms with Crippen molar-refractivity contribution in [2.75, 3.05) is 6.61 Å². The van der Waals surface area contributed by atoms with Crippen molar-refractivity contribution in [1.82, 2.24) is 0 Å². The van der Waals surface area contributed by atoms with Crippen LogP contribution in [-0.2, 0) is 9.47 Å². The Morgan fingerprint density at radius 3 is 2.44 bits per heavy atom. The topological polar surface area (TPSA) is 99.4 Å². The van der Waals surface area contributed by atoms with Gasteiger partial charge in [-0.3, -0.25) is 0 Å². The van der Waals surface area contributed by atoms with Crippen molar-refractivity contribution in [2.24, 2.45) is 0 Å². The normalized spacial score (nSPS) is 39.9. The fraction of sp³-hybridized carbons (Fsp3) is 0.600. The molecule has 1 heterocycles. The first-order valence-electron chi connectivity index (χ1n) is 4.85. The summed E-state index contributed by atoms with van der Waals surface area (Å²) in [6.07, 6.45) is -2.10. The van der Waals surface area contributed by atoms with Crippen LogP contribution in [-0.4, -0.2) is 57.7 Å². The zero-order valence-corrected chi connectivity index (χ0v) is 8.64. The minimum absolute atomic E-state index is 0.476. The Labute approximate surface area is 93.0 Å². The highest BCUT2D eigenvalue weighted by Gasteiger charge is 2.44. The molecule has 1 aliphatic heterocycles. The van der Waals surface area contributed by atoms with E-state index >= 15 is 0 Å². The minimum Gasteiger partial charge on any atom is -0.470 e. The molecule has 16 heavy (non-hydrogen) atoms. The Morgan fingerprint density at radius 1 is 1.19 bits per heavy atom. The van der Waals surface area contributed by atoms with E-state index in [2.05, 4.69) is 6.58 Å². The third-order valence-corrected chi connectivity index (χ3v) is 2.28. The van der Waals surface area contributed by atoms with E-state index in [0.29, 0.717) is 0 Å². The van der Waals surface area contributed by atoms with Crippen molar-refractivity contribution in [2.45, 2.75) is 30.7 Å². The molecule has 6 heteroatoms. The molecule has 0 spiro atoms. The van der Waals surface area contributed by atoms with E-state index in [1.807, 2.05) is 0 Å². The molecular formula is C10H16O6. The van der Waals surface area contributed by atoms with Crippen LogP contribution in [0.15, 0.2) is 25.0 Å². The van der Waals surface area contributed by atoms with Crippen molar-refractivity contribution < 1.29 is 29.9 Å². The standard InChI is InChI=1S/C10H16O6/c1-2-3-4-15-10-9(14)8(13)7(12)6(5-11)16-10/h2-4,6-14H,1,5H2/b4-3+/t6-,7-,8+,9-,10-/m1/s1. The number of hydrogen-bond acceptors (Lipinski definition) is 6. The highest BCUT2D eigenvalue weighted by molar-refractivity contribution is 4.94. The Kier molecular flexibility index (Phi) is 4.91. The summed E-state index contributed by atoms with van der Waals surface area (Å²) in [5.74, 6) is 0. The van der Waals surface area contributed by atoms with Crippen molar-refractivity contribution >= 4 is 0 Å². The predicted octanol–water partition coefficient (Wildman–Crippen LogP) is -1.50. The van der Waals surface area contributed by atoms with E-state index in [9.17, 15) is 15.3 Å². The van der Waals surface area contributed by atoms with Gasteiger partial charge < -0.3 is 29.9 Å². The van der Waals surface area contributed by atoms with Gasteiger partial charge in [-0.15, -0.1) is 0 Å². The van der Waals surface area contributed by atoms with Crippen LogP contribution in [0, 0.1) is 0 Å². The average molecular weight is 232 g/mol. The van der Waals surface area contributed by atoms with Crippen molar-refractivity contribution in [1.29, 1.82) is 0 Å². The van der Waals surface area contributed by atoms with E-state index in [-0.39, 0.29) is 0 Å². The number of aliphatic hydroxyl groups is 4. The molecule has 1 fully saturated rings. The monoisotopic (exact) mass is 232 g/mol. The number of hydrogen-bond donors (Lipinski definition) is 4. The second kappa shape index (κ2) is 5.97.